The fourth-order valence-corrected chi connectivity index (χ4v) is 3.08. The van der Waals surface area contributed by atoms with Crippen molar-refractivity contribution in [3.8, 4) is 0 Å². The number of nitrogens with two attached hydrogens (primary N) is 3. The summed E-state index contributed by atoms with van der Waals surface area (Å²) < 4.78 is 1.73. The molecule has 0 aliphatic rings. The number of hydrogen-bond donors (Lipinski definition) is 7. The van der Waals surface area contributed by atoms with Gasteiger partial charge in [-0.15, -0.1) is 0 Å². The summed E-state index contributed by atoms with van der Waals surface area (Å²) in [6.07, 6.45) is 0. The van der Waals surface area contributed by atoms with Crippen LogP contribution in [0.25, 0.3) is 0 Å². The first kappa shape index (κ1) is 31.1. The molecule has 0 heterocycles. The highest BCUT2D eigenvalue weighted by Crippen LogP contribution is 2.27. The molecule has 0 radical (unpaired) electrons. The summed E-state index contributed by atoms with van der Waals surface area (Å²) in [5, 5.41) is 22.1. The molecule has 0 saturated carbocycles. The molecule has 2 rings (SSSR count). The zero-order valence-electron chi connectivity index (χ0n) is 18.9. The van der Waals surface area contributed by atoms with E-state index in [2.05, 4.69) is 64.8 Å². The lowest BCUT2D eigenvalue weighted by atomic mass is 10.2. The first-order chi connectivity index (χ1) is 16.1. The monoisotopic (exact) mass is 604 g/mol. The maximum Gasteiger partial charge on any atom is 0.292 e. The number of nitrogens with one attached hydrogen (secondary N) is 4. The third-order valence-electron chi connectivity index (χ3n) is 3.80. The number of hydrogen-bond acceptors (Lipinski definition) is 9. The van der Waals surface area contributed by atoms with Crippen LogP contribution in [0, 0.1) is 10.1 Å². The highest BCUT2D eigenvalue weighted by molar-refractivity contribution is 9.10. The Labute approximate surface area is 214 Å². The van der Waals surface area contributed by atoms with Gasteiger partial charge in [-0.3, -0.25) is 31.4 Å². The van der Waals surface area contributed by atoms with E-state index in [1.807, 2.05) is 18.2 Å². The van der Waals surface area contributed by atoms with Gasteiger partial charge >= 0.3 is 0 Å². The van der Waals surface area contributed by atoms with Crippen molar-refractivity contribution in [1.82, 2.24) is 10.6 Å². The molecule has 2 aromatic carbocycles. The zero-order chi connectivity index (χ0) is 26.1. The molecule has 14 heteroatoms. The molecule has 0 spiro atoms. The van der Waals surface area contributed by atoms with Crippen molar-refractivity contribution >= 4 is 66.4 Å². The third kappa shape index (κ3) is 13.6. The Kier molecular flexibility index (Phi) is 16.0. The standard InChI is InChI=1S/C10H12BrN3O3.C10H14BrN3O.H4N2/c1-7(15)12-4-5-13-9-6-8(11)2-3-10(9)14(16)17;1-7(15)13-4-5-14-10-6-8(11)2-3-9(10)12;1-2/h2-3,6,13H,4-5H2,1H3,(H,12,15);2-3,6,14H,4-5,12H2,1H3,(H,13,15);1-2H2. The van der Waals surface area contributed by atoms with Crippen LogP contribution in [0.4, 0.5) is 22.7 Å². The van der Waals surface area contributed by atoms with Crippen molar-refractivity contribution in [1.29, 1.82) is 0 Å². The van der Waals surface area contributed by atoms with Crippen molar-refractivity contribution < 1.29 is 14.5 Å². The molecule has 0 aromatic heterocycles. The predicted octanol–water partition coefficient (Wildman–Crippen LogP) is 2.30. The second kappa shape index (κ2) is 17.5. The second-order valence-corrected chi connectivity index (χ2v) is 8.30. The van der Waals surface area contributed by atoms with Gasteiger partial charge in [-0.05, 0) is 30.3 Å². The van der Waals surface area contributed by atoms with Crippen LogP contribution in [-0.2, 0) is 9.59 Å². The molecule has 0 saturated heterocycles. The third-order valence-corrected chi connectivity index (χ3v) is 4.79. The van der Waals surface area contributed by atoms with E-state index in [9.17, 15) is 19.7 Å². The van der Waals surface area contributed by atoms with Crippen molar-refractivity contribution in [2.24, 2.45) is 11.7 Å². The maximum atomic E-state index is 10.8. The molecule has 0 atom stereocenters. The van der Waals surface area contributed by atoms with E-state index in [4.69, 9.17) is 5.73 Å². The summed E-state index contributed by atoms with van der Waals surface area (Å²) >= 11 is 6.61. The number of anilines is 3. The van der Waals surface area contributed by atoms with Gasteiger partial charge in [0.2, 0.25) is 11.8 Å². The number of amides is 2. The van der Waals surface area contributed by atoms with Gasteiger partial charge < -0.3 is 27.0 Å². The van der Waals surface area contributed by atoms with Gasteiger partial charge in [-0.1, -0.05) is 31.9 Å². The average molecular weight is 606 g/mol. The quantitative estimate of drug-likeness (QED) is 0.0735. The minimum absolute atomic E-state index is 0.0102. The predicted molar refractivity (Wildman–Crippen MR) is 142 cm³/mol. The lowest BCUT2D eigenvalue weighted by molar-refractivity contribution is -0.384. The van der Waals surface area contributed by atoms with Gasteiger partial charge in [0.1, 0.15) is 5.69 Å². The lowest BCUT2D eigenvalue weighted by Crippen LogP contribution is -2.26. The average Bonchev–Trinajstić information content (AvgIpc) is 2.78. The number of nitrogen functional groups attached to an aromatic ring is 1. The lowest BCUT2D eigenvalue weighted by Gasteiger charge is -2.09. The number of nitro groups is 1. The Morgan fingerprint density at radius 1 is 0.853 bits per heavy atom. The molecule has 2 aromatic rings. The molecule has 10 N–H and O–H groups in total. The summed E-state index contributed by atoms with van der Waals surface area (Å²) in [4.78, 5) is 31.5. The first-order valence-electron chi connectivity index (χ1n) is 9.89. The zero-order valence-corrected chi connectivity index (χ0v) is 22.0. The molecule has 0 aliphatic carbocycles. The summed E-state index contributed by atoms with van der Waals surface area (Å²) in [6, 6.07) is 10.3. The fourth-order valence-electron chi connectivity index (χ4n) is 2.36. The normalized spacial score (nSPS) is 9.35. The number of halogens is 2. The Hall–Kier alpha value is -2.94. The van der Waals surface area contributed by atoms with Crippen molar-refractivity contribution in [2.75, 3.05) is 42.5 Å². The van der Waals surface area contributed by atoms with Gasteiger partial charge in [0.05, 0.1) is 16.3 Å². The van der Waals surface area contributed by atoms with Crippen molar-refractivity contribution in [3.05, 3.63) is 55.5 Å². The van der Waals surface area contributed by atoms with Crippen molar-refractivity contribution in [3.63, 3.8) is 0 Å². The number of benzene rings is 2. The number of nitro benzene ring substituents is 1. The van der Waals surface area contributed by atoms with Crippen LogP contribution in [0.1, 0.15) is 13.8 Å². The largest absolute Gasteiger partial charge is 0.397 e. The number of carbonyl (C=O) groups excluding carboxylic acids is 2. The minimum atomic E-state index is -0.451. The molecule has 34 heavy (non-hydrogen) atoms. The highest BCUT2D eigenvalue weighted by atomic mass is 79.9. The van der Waals surface area contributed by atoms with E-state index in [-0.39, 0.29) is 17.5 Å². The highest BCUT2D eigenvalue weighted by Gasteiger charge is 2.12. The maximum absolute atomic E-state index is 10.8. The molecular weight excluding hydrogens is 576 g/mol. The first-order valence-corrected chi connectivity index (χ1v) is 11.5. The number of carbonyl (C=O) groups is 2. The molecule has 0 bridgehead atoms. The topological polar surface area (TPSA) is 203 Å². The Morgan fingerprint density at radius 3 is 1.76 bits per heavy atom. The van der Waals surface area contributed by atoms with E-state index >= 15 is 0 Å². The number of rotatable bonds is 9. The van der Waals surface area contributed by atoms with Crippen LogP contribution in [0.2, 0.25) is 0 Å². The van der Waals surface area contributed by atoms with Crippen LogP contribution in [0.3, 0.4) is 0 Å². The number of hydrazine groups is 1. The molecule has 2 amide bonds. The van der Waals surface area contributed by atoms with Crippen LogP contribution in [0.5, 0.6) is 0 Å². The summed E-state index contributed by atoms with van der Waals surface area (Å²) in [6.45, 7) is 4.99. The van der Waals surface area contributed by atoms with Gasteiger partial charge in [0, 0.05) is 55.0 Å². The van der Waals surface area contributed by atoms with Gasteiger partial charge in [-0.25, -0.2) is 0 Å². The fraction of sp³-hybridized carbons (Fsp3) is 0.300. The minimum Gasteiger partial charge on any atom is -0.397 e. The van der Waals surface area contributed by atoms with Gasteiger partial charge in [0.15, 0.2) is 0 Å². The second-order valence-electron chi connectivity index (χ2n) is 6.47. The Bertz CT molecular complexity index is 947. The van der Waals surface area contributed by atoms with E-state index in [0.717, 1.165) is 14.6 Å². The molecule has 188 valence electrons. The Balaban J connectivity index is 0.000000601. The smallest absolute Gasteiger partial charge is 0.292 e. The molecule has 0 unspecified atom stereocenters. The summed E-state index contributed by atoms with van der Waals surface area (Å²) in [5.74, 6) is 7.84. The van der Waals surface area contributed by atoms with Crippen LogP contribution in [0.15, 0.2) is 45.3 Å². The van der Waals surface area contributed by atoms with E-state index in [1.165, 1.54) is 19.9 Å². The van der Waals surface area contributed by atoms with Gasteiger partial charge in [-0.2, -0.15) is 0 Å². The van der Waals surface area contributed by atoms with E-state index < -0.39 is 4.92 Å². The van der Waals surface area contributed by atoms with Crippen LogP contribution < -0.4 is 38.7 Å². The van der Waals surface area contributed by atoms with Crippen molar-refractivity contribution in [2.45, 2.75) is 13.8 Å². The molecule has 0 fully saturated rings. The SMILES string of the molecule is CC(=O)NCCNc1cc(Br)ccc1N.CC(=O)NCCNc1cc(Br)ccc1[N+](=O)[O-].NN. The Morgan fingerprint density at radius 2 is 1.29 bits per heavy atom. The summed E-state index contributed by atoms with van der Waals surface area (Å²) in [5.41, 5.74) is 7.76. The van der Waals surface area contributed by atoms with Crippen LogP contribution in [-0.4, -0.2) is 42.9 Å². The molecule has 0 aliphatic heterocycles. The summed E-state index contributed by atoms with van der Waals surface area (Å²) in [7, 11) is 0. The number of nitrogens with zero attached hydrogens (tertiary/aromatic N) is 1. The molecular formula is C20H30Br2N8O4. The molecule has 12 nitrogen and oxygen atoms in total. The van der Waals surface area contributed by atoms with Gasteiger partial charge in [0.25, 0.3) is 5.69 Å². The van der Waals surface area contributed by atoms with E-state index in [1.54, 1.807) is 12.1 Å². The van der Waals surface area contributed by atoms with Crippen LogP contribution >= 0.6 is 31.9 Å². The van der Waals surface area contributed by atoms with E-state index in [0.29, 0.717) is 37.6 Å².